The second-order valence-corrected chi connectivity index (χ2v) is 6.42. The molecule has 1 aromatic rings. The summed E-state index contributed by atoms with van der Waals surface area (Å²) in [5.41, 5.74) is 0.512. The minimum Gasteiger partial charge on any atom is -0.352 e. The number of carbonyl (C=O) groups excluding carboxylic acids is 1. The van der Waals surface area contributed by atoms with Crippen LogP contribution in [0.4, 0.5) is 0 Å². The van der Waals surface area contributed by atoms with Gasteiger partial charge in [0.25, 0.3) is 5.91 Å². The van der Waals surface area contributed by atoms with Gasteiger partial charge >= 0.3 is 0 Å². The molecule has 1 aromatic carbocycles. The first kappa shape index (κ1) is 14.7. The average molecular weight is 298 g/mol. The van der Waals surface area contributed by atoms with E-state index in [4.69, 9.17) is 11.6 Å². The molecule has 1 amide bonds. The van der Waals surface area contributed by atoms with E-state index in [-0.39, 0.29) is 5.91 Å². The number of carbonyl (C=O) groups is 1. The second-order valence-electron chi connectivity index (χ2n) is 5.50. The lowest BCUT2D eigenvalue weighted by atomic mass is 9.83. The Morgan fingerprint density at radius 1 is 1.37 bits per heavy atom. The van der Waals surface area contributed by atoms with Crippen LogP contribution in [0.3, 0.4) is 0 Å². The van der Waals surface area contributed by atoms with Crippen LogP contribution in [0.2, 0.25) is 5.02 Å². The summed E-state index contributed by atoms with van der Waals surface area (Å²) in [5, 5.41) is 3.47. The van der Waals surface area contributed by atoms with E-state index < -0.39 is 0 Å². The maximum atomic E-state index is 12.1. The van der Waals surface area contributed by atoms with Gasteiger partial charge in [-0.05, 0) is 42.9 Å². The van der Waals surface area contributed by atoms with Gasteiger partial charge in [-0.2, -0.15) is 0 Å². The van der Waals surface area contributed by atoms with E-state index in [2.05, 4.69) is 24.9 Å². The lowest BCUT2D eigenvalue weighted by molar-refractivity contribution is 0.0942. The number of halogens is 1. The highest BCUT2D eigenvalue weighted by atomic mass is 35.5. The van der Waals surface area contributed by atoms with Gasteiger partial charge in [0.1, 0.15) is 0 Å². The summed E-state index contributed by atoms with van der Waals surface area (Å²) in [6.07, 6.45) is 4.96. The zero-order valence-electron chi connectivity index (χ0n) is 11.2. The molecule has 104 valence electrons. The first-order chi connectivity index (χ1) is 9.06. The molecule has 19 heavy (non-hydrogen) atoms. The predicted molar refractivity (Wildman–Crippen MR) is 82.2 cm³/mol. The van der Waals surface area contributed by atoms with Crippen LogP contribution in [0.15, 0.2) is 23.1 Å². The van der Waals surface area contributed by atoms with Crippen LogP contribution < -0.4 is 5.32 Å². The number of hydrogen-bond donors (Lipinski definition) is 2. The summed E-state index contributed by atoms with van der Waals surface area (Å²) < 4.78 is 0. The zero-order chi connectivity index (χ0) is 13.8. The number of benzene rings is 1. The van der Waals surface area contributed by atoms with Crippen LogP contribution in [-0.4, -0.2) is 12.5 Å². The molecule has 0 saturated heterocycles. The number of rotatable bonds is 3. The van der Waals surface area contributed by atoms with Crippen molar-refractivity contribution >= 4 is 30.1 Å². The Kier molecular flexibility index (Phi) is 5.17. The van der Waals surface area contributed by atoms with Gasteiger partial charge in [-0.25, -0.2) is 0 Å². The highest BCUT2D eigenvalue weighted by Gasteiger charge is 2.19. The number of thiol groups is 1. The van der Waals surface area contributed by atoms with E-state index in [9.17, 15) is 4.79 Å². The maximum Gasteiger partial charge on any atom is 0.252 e. The minimum absolute atomic E-state index is 0.0977. The van der Waals surface area contributed by atoms with Gasteiger partial charge in [0.05, 0.1) is 10.6 Å². The molecule has 0 unspecified atom stereocenters. The lowest BCUT2D eigenvalue weighted by Crippen LogP contribution is -2.31. The molecule has 1 N–H and O–H groups in total. The Bertz CT molecular complexity index is 455. The molecular formula is C15H20ClNOS. The number of hydrogen-bond acceptors (Lipinski definition) is 2. The molecule has 1 aliphatic rings. The van der Waals surface area contributed by atoms with Crippen LogP contribution in [0.1, 0.15) is 43.0 Å². The molecule has 2 nitrogen and oxygen atoms in total. The summed E-state index contributed by atoms with van der Waals surface area (Å²) in [5.74, 6) is 1.35. The summed E-state index contributed by atoms with van der Waals surface area (Å²) in [4.78, 5) is 12.8. The molecule has 0 heterocycles. The third-order valence-electron chi connectivity index (χ3n) is 3.88. The Hall–Kier alpha value is -0.670. The molecular weight excluding hydrogens is 278 g/mol. The summed E-state index contributed by atoms with van der Waals surface area (Å²) >= 11 is 10.3. The van der Waals surface area contributed by atoms with Crippen molar-refractivity contribution in [1.29, 1.82) is 0 Å². The van der Waals surface area contributed by atoms with Gasteiger partial charge < -0.3 is 5.32 Å². The number of nitrogens with one attached hydrogen (secondary N) is 1. The minimum atomic E-state index is -0.0977. The van der Waals surface area contributed by atoms with Crippen LogP contribution >= 0.6 is 24.2 Å². The maximum absolute atomic E-state index is 12.1. The van der Waals surface area contributed by atoms with E-state index in [0.29, 0.717) is 16.5 Å². The Labute approximate surface area is 125 Å². The second kappa shape index (κ2) is 6.67. The van der Waals surface area contributed by atoms with E-state index >= 15 is 0 Å². The topological polar surface area (TPSA) is 29.1 Å². The van der Waals surface area contributed by atoms with Crippen LogP contribution in [0.25, 0.3) is 0 Å². The third kappa shape index (κ3) is 4.15. The van der Waals surface area contributed by atoms with E-state index in [1.165, 1.54) is 25.7 Å². The van der Waals surface area contributed by atoms with Gasteiger partial charge in [-0.3, -0.25) is 4.79 Å². The fourth-order valence-corrected chi connectivity index (χ4v) is 2.96. The third-order valence-corrected chi connectivity index (χ3v) is 4.49. The van der Waals surface area contributed by atoms with Crippen molar-refractivity contribution < 1.29 is 4.79 Å². The monoisotopic (exact) mass is 297 g/mol. The van der Waals surface area contributed by atoms with Crippen molar-refractivity contribution in [2.45, 2.75) is 37.5 Å². The fourth-order valence-electron chi connectivity index (χ4n) is 2.55. The molecule has 1 fully saturated rings. The van der Waals surface area contributed by atoms with Gasteiger partial charge in [-0.1, -0.05) is 31.4 Å². The highest BCUT2D eigenvalue weighted by molar-refractivity contribution is 7.80. The van der Waals surface area contributed by atoms with Crippen LogP contribution in [0, 0.1) is 11.8 Å². The van der Waals surface area contributed by atoms with Crippen molar-refractivity contribution in [2.75, 3.05) is 6.54 Å². The van der Waals surface area contributed by atoms with E-state index in [1.807, 2.05) is 0 Å². The van der Waals surface area contributed by atoms with Crippen LogP contribution in [0.5, 0.6) is 0 Å². The van der Waals surface area contributed by atoms with E-state index in [0.717, 1.165) is 17.4 Å². The molecule has 0 spiro atoms. The molecule has 0 atom stereocenters. The molecule has 4 heteroatoms. The Balaban J connectivity index is 1.89. The molecule has 2 rings (SSSR count). The summed E-state index contributed by atoms with van der Waals surface area (Å²) in [6.45, 7) is 3.05. The highest BCUT2D eigenvalue weighted by Crippen LogP contribution is 2.28. The van der Waals surface area contributed by atoms with Crippen molar-refractivity contribution in [2.24, 2.45) is 11.8 Å². The van der Waals surface area contributed by atoms with Crippen molar-refractivity contribution in [3.63, 3.8) is 0 Å². The lowest BCUT2D eigenvalue weighted by Gasteiger charge is -2.26. The van der Waals surface area contributed by atoms with Gasteiger partial charge in [0, 0.05) is 11.4 Å². The molecule has 1 aliphatic carbocycles. The molecule has 1 saturated carbocycles. The summed E-state index contributed by atoms with van der Waals surface area (Å²) in [6, 6.07) is 5.20. The molecule has 0 aromatic heterocycles. The Morgan fingerprint density at radius 2 is 2.05 bits per heavy atom. The first-order valence-electron chi connectivity index (χ1n) is 6.83. The Morgan fingerprint density at radius 3 is 2.74 bits per heavy atom. The standard InChI is InChI=1S/C15H20ClNOS/c1-10-2-4-11(5-3-10)9-17-15(18)13-8-12(19)6-7-14(13)16/h6-8,10-11,19H,2-5,9H2,1H3,(H,17,18). The van der Waals surface area contributed by atoms with Gasteiger partial charge in [0.2, 0.25) is 0 Å². The fraction of sp³-hybridized carbons (Fsp3) is 0.533. The van der Waals surface area contributed by atoms with Crippen molar-refractivity contribution in [3.05, 3.63) is 28.8 Å². The molecule has 0 aliphatic heterocycles. The normalized spacial score (nSPS) is 23.1. The molecule has 0 radical (unpaired) electrons. The van der Waals surface area contributed by atoms with Gasteiger partial charge in [-0.15, -0.1) is 12.6 Å². The van der Waals surface area contributed by atoms with Gasteiger partial charge in [0.15, 0.2) is 0 Å². The quantitative estimate of drug-likeness (QED) is 0.805. The smallest absolute Gasteiger partial charge is 0.252 e. The van der Waals surface area contributed by atoms with Crippen molar-refractivity contribution in [3.8, 4) is 0 Å². The summed E-state index contributed by atoms with van der Waals surface area (Å²) in [7, 11) is 0. The first-order valence-corrected chi connectivity index (χ1v) is 7.65. The number of amides is 1. The van der Waals surface area contributed by atoms with Crippen molar-refractivity contribution in [1.82, 2.24) is 5.32 Å². The predicted octanol–water partition coefficient (Wildman–Crippen LogP) is 4.18. The van der Waals surface area contributed by atoms with Crippen LogP contribution in [-0.2, 0) is 0 Å². The zero-order valence-corrected chi connectivity index (χ0v) is 12.8. The largest absolute Gasteiger partial charge is 0.352 e. The SMILES string of the molecule is CC1CCC(CNC(=O)c2cc(S)ccc2Cl)CC1. The average Bonchev–Trinajstić information content (AvgIpc) is 2.40. The van der Waals surface area contributed by atoms with E-state index in [1.54, 1.807) is 18.2 Å². The molecule has 0 bridgehead atoms.